The molecular formula is C18H22N2O. The SMILES string of the molecule is CC(C)c1ccc(C(NN)C2Cc3ccccc3O2)cc1. The molecular weight excluding hydrogens is 260 g/mol. The largest absolute Gasteiger partial charge is 0.488 e. The number of fused-ring (bicyclic) bond motifs is 1. The Balaban J connectivity index is 1.80. The van der Waals surface area contributed by atoms with E-state index in [-0.39, 0.29) is 12.1 Å². The molecule has 0 spiro atoms. The van der Waals surface area contributed by atoms with Crippen molar-refractivity contribution in [1.82, 2.24) is 5.43 Å². The smallest absolute Gasteiger partial charge is 0.124 e. The number of nitrogens with two attached hydrogens (primary N) is 1. The van der Waals surface area contributed by atoms with Crippen LogP contribution in [0.3, 0.4) is 0 Å². The molecule has 0 saturated heterocycles. The summed E-state index contributed by atoms with van der Waals surface area (Å²) in [5.41, 5.74) is 6.67. The minimum Gasteiger partial charge on any atom is -0.488 e. The average Bonchev–Trinajstić information content (AvgIpc) is 2.92. The van der Waals surface area contributed by atoms with E-state index in [0.717, 1.165) is 12.2 Å². The molecule has 0 amide bonds. The molecule has 3 heteroatoms. The van der Waals surface area contributed by atoms with Crippen LogP contribution in [0, 0.1) is 0 Å². The molecule has 0 bridgehead atoms. The lowest BCUT2D eigenvalue weighted by Crippen LogP contribution is -2.38. The van der Waals surface area contributed by atoms with Gasteiger partial charge in [0.2, 0.25) is 0 Å². The van der Waals surface area contributed by atoms with Crippen LogP contribution in [-0.4, -0.2) is 6.10 Å². The van der Waals surface area contributed by atoms with Crippen LogP contribution >= 0.6 is 0 Å². The molecule has 2 atom stereocenters. The van der Waals surface area contributed by atoms with Crippen LogP contribution in [-0.2, 0) is 6.42 Å². The van der Waals surface area contributed by atoms with Crippen LogP contribution in [0.2, 0.25) is 0 Å². The van der Waals surface area contributed by atoms with Gasteiger partial charge in [-0.15, -0.1) is 0 Å². The Bertz CT molecular complexity index is 582. The number of benzene rings is 2. The van der Waals surface area contributed by atoms with Crippen molar-refractivity contribution in [3.8, 4) is 5.75 Å². The molecule has 3 N–H and O–H groups in total. The van der Waals surface area contributed by atoms with Gasteiger partial charge in [0.25, 0.3) is 0 Å². The van der Waals surface area contributed by atoms with Crippen molar-refractivity contribution >= 4 is 0 Å². The molecule has 0 aliphatic carbocycles. The first-order valence-corrected chi connectivity index (χ1v) is 7.49. The van der Waals surface area contributed by atoms with Crippen molar-refractivity contribution < 1.29 is 4.74 Å². The van der Waals surface area contributed by atoms with E-state index in [1.165, 1.54) is 16.7 Å². The van der Waals surface area contributed by atoms with Crippen LogP contribution in [0.5, 0.6) is 5.75 Å². The fourth-order valence-electron chi connectivity index (χ4n) is 2.90. The maximum atomic E-state index is 6.05. The summed E-state index contributed by atoms with van der Waals surface area (Å²) >= 11 is 0. The number of hydrogen-bond acceptors (Lipinski definition) is 3. The van der Waals surface area contributed by atoms with Gasteiger partial charge in [-0.2, -0.15) is 0 Å². The maximum Gasteiger partial charge on any atom is 0.124 e. The summed E-state index contributed by atoms with van der Waals surface area (Å²) in [6.45, 7) is 4.40. The lowest BCUT2D eigenvalue weighted by Gasteiger charge is -2.23. The van der Waals surface area contributed by atoms with E-state index >= 15 is 0 Å². The first-order chi connectivity index (χ1) is 10.2. The third-order valence-corrected chi connectivity index (χ3v) is 4.19. The number of nitrogens with one attached hydrogen (secondary N) is 1. The summed E-state index contributed by atoms with van der Waals surface area (Å²) in [5.74, 6) is 7.30. The van der Waals surface area contributed by atoms with Gasteiger partial charge in [-0.25, -0.2) is 5.43 Å². The second-order valence-electron chi connectivity index (χ2n) is 5.93. The quantitative estimate of drug-likeness (QED) is 0.668. The van der Waals surface area contributed by atoms with E-state index < -0.39 is 0 Å². The molecule has 1 aliphatic rings. The van der Waals surface area contributed by atoms with Crippen molar-refractivity contribution in [2.45, 2.75) is 38.3 Å². The highest BCUT2D eigenvalue weighted by Gasteiger charge is 2.30. The summed E-state index contributed by atoms with van der Waals surface area (Å²) in [6, 6.07) is 16.8. The number of hydrogen-bond donors (Lipinski definition) is 2. The first-order valence-electron chi connectivity index (χ1n) is 7.49. The third kappa shape index (κ3) is 2.80. The molecule has 3 nitrogen and oxygen atoms in total. The van der Waals surface area contributed by atoms with Gasteiger partial charge >= 0.3 is 0 Å². The fraction of sp³-hybridized carbons (Fsp3) is 0.333. The second-order valence-corrected chi connectivity index (χ2v) is 5.93. The molecule has 0 radical (unpaired) electrons. The van der Waals surface area contributed by atoms with Gasteiger partial charge in [0.15, 0.2) is 0 Å². The zero-order chi connectivity index (χ0) is 14.8. The van der Waals surface area contributed by atoms with Crippen LogP contribution in [0.4, 0.5) is 0 Å². The zero-order valence-corrected chi connectivity index (χ0v) is 12.5. The second kappa shape index (κ2) is 5.88. The summed E-state index contributed by atoms with van der Waals surface area (Å²) < 4.78 is 6.05. The van der Waals surface area contributed by atoms with Gasteiger partial charge in [0.1, 0.15) is 11.9 Å². The van der Waals surface area contributed by atoms with Crippen molar-refractivity contribution in [2.75, 3.05) is 0 Å². The number of ether oxygens (including phenoxy) is 1. The zero-order valence-electron chi connectivity index (χ0n) is 12.5. The van der Waals surface area contributed by atoms with Gasteiger partial charge in [-0.05, 0) is 28.7 Å². The van der Waals surface area contributed by atoms with E-state index in [0.29, 0.717) is 5.92 Å². The Labute approximate surface area is 126 Å². The lowest BCUT2D eigenvalue weighted by molar-refractivity contribution is 0.179. The van der Waals surface area contributed by atoms with E-state index in [1.807, 2.05) is 18.2 Å². The van der Waals surface area contributed by atoms with Crippen molar-refractivity contribution in [3.63, 3.8) is 0 Å². The predicted octanol–water partition coefficient (Wildman–Crippen LogP) is 3.32. The van der Waals surface area contributed by atoms with Crippen LogP contribution < -0.4 is 16.0 Å². The Kier molecular flexibility index (Phi) is 3.95. The van der Waals surface area contributed by atoms with Gasteiger partial charge < -0.3 is 4.74 Å². The average molecular weight is 282 g/mol. The molecule has 0 aromatic heterocycles. The fourth-order valence-corrected chi connectivity index (χ4v) is 2.90. The normalized spacial score (nSPS) is 18.4. The van der Waals surface area contributed by atoms with E-state index in [2.05, 4.69) is 49.6 Å². The molecule has 0 saturated carbocycles. The monoisotopic (exact) mass is 282 g/mol. The highest BCUT2D eigenvalue weighted by atomic mass is 16.5. The van der Waals surface area contributed by atoms with Crippen LogP contribution in [0.15, 0.2) is 48.5 Å². The number of para-hydroxylation sites is 1. The topological polar surface area (TPSA) is 47.3 Å². The predicted molar refractivity (Wildman–Crippen MR) is 85.2 cm³/mol. The van der Waals surface area contributed by atoms with Gasteiger partial charge in [-0.3, -0.25) is 5.84 Å². The Morgan fingerprint density at radius 3 is 2.33 bits per heavy atom. The molecule has 110 valence electrons. The number of rotatable bonds is 4. The maximum absolute atomic E-state index is 6.05. The minimum absolute atomic E-state index is 0.00128. The minimum atomic E-state index is -0.00128. The van der Waals surface area contributed by atoms with Crippen LogP contribution in [0.25, 0.3) is 0 Å². The Morgan fingerprint density at radius 2 is 1.71 bits per heavy atom. The molecule has 1 aliphatic heterocycles. The summed E-state index contributed by atoms with van der Waals surface area (Å²) in [6.07, 6.45) is 0.925. The first kappa shape index (κ1) is 14.1. The van der Waals surface area contributed by atoms with Crippen molar-refractivity contribution in [3.05, 3.63) is 65.2 Å². The van der Waals surface area contributed by atoms with Gasteiger partial charge in [0.05, 0.1) is 6.04 Å². The van der Waals surface area contributed by atoms with Crippen molar-refractivity contribution in [2.24, 2.45) is 5.84 Å². The molecule has 3 rings (SSSR count). The molecule has 2 aromatic rings. The van der Waals surface area contributed by atoms with Gasteiger partial charge in [-0.1, -0.05) is 56.3 Å². The van der Waals surface area contributed by atoms with E-state index in [4.69, 9.17) is 10.6 Å². The summed E-state index contributed by atoms with van der Waals surface area (Å²) in [7, 11) is 0. The molecule has 0 fully saturated rings. The standard InChI is InChI=1S/C18H22N2O/c1-12(2)13-7-9-14(10-8-13)18(20-19)17-11-15-5-3-4-6-16(15)21-17/h3-10,12,17-18,20H,11,19H2,1-2H3. The summed E-state index contributed by atoms with van der Waals surface area (Å²) in [4.78, 5) is 0. The van der Waals surface area contributed by atoms with Crippen LogP contribution in [0.1, 0.15) is 42.5 Å². The highest BCUT2D eigenvalue weighted by Crippen LogP contribution is 2.34. The van der Waals surface area contributed by atoms with E-state index in [9.17, 15) is 0 Å². The van der Waals surface area contributed by atoms with Gasteiger partial charge in [0, 0.05) is 6.42 Å². The molecule has 21 heavy (non-hydrogen) atoms. The van der Waals surface area contributed by atoms with Crippen molar-refractivity contribution in [1.29, 1.82) is 0 Å². The molecule has 1 heterocycles. The van der Waals surface area contributed by atoms with E-state index in [1.54, 1.807) is 0 Å². The Hall–Kier alpha value is -1.84. The molecule has 2 unspecified atom stereocenters. The summed E-state index contributed by atoms with van der Waals surface area (Å²) in [5, 5.41) is 0. The lowest BCUT2D eigenvalue weighted by atomic mass is 9.95. The number of hydrazine groups is 1. The third-order valence-electron chi connectivity index (χ3n) is 4.19. The highest BCUT2D eigenvalue weighted by molar-refractivity contribution is 5.39. The Morgan fingerprint density at radius 1 is 1.05 bits per heavy atom. The molecule has 2 aromatic carbocycles.